The molecule has 0 atom stereocenters. The predicted octanol–water partition coefficient (Wildman–Crippen LogP) is 2.78. The molecule has 0 spiro atoms. The van der Waals surface area contributed by atoms with Crippen molar-refractivity contribution in [2.24, 2.45) is 0 Å². The second-order valence-corrected chi connectivity index (χ2v) is 3.98. The highest BCUT2D eigenvalue weighted by Gasteiger charge is 2.15. The molecule has 2 aromatic rings. The molecule has 0 aliphatic heterocycles. The largest absolute Gasteiger partial charge is 0.503 e. The summed E-state index contributed by atoms with van der Waals surface area (Å²) in [6.45, 7) is 0.336. The third-order valence-electron chi connectivity index (χ3n) is 2.33. The van der Waals surface area contributed by atoms with Crippen molar-refractivity contribution in [2.75, 3.05) is 0 Å². The first-order valence-corrected chi connectivity index (χ1v) is 5.81. The number of rotatable bonds is 4. The first kappa shape index (κ1) is 12.9. The van der Waals surface area contributed by atoms with Crippen molar-refractivity contribution in [1.82, 2.24) is 5.32 Å². The Balaban J connectivity index is 2.12. The minimum atomic E-state index is -0.288. The van der Waals surface area contributed by atoms with Gasteiger partial charge in [-0.15, -0.1) is 0 Å². The average molecular weight is 274 g/mol. The van der Waals surface area contributed by atoms with Gasteiger partial charge in [-0.25, -0.2) is 0 Å². The minimum Gasteiger partial charge on any atom is -0.503 e. The van der Waals surface area contributed by atoms with E-state index in [2.05, 4.69) is 5.32 Å². The van der Waals surface area contributed by atoms with Gasteiger partial charge in [-0.2, -0.15) is 5.26 Å². The quantitative estimate of drug-likeness (QED) is 0.386. The number of hydrogen-bond donors (Lipinski definition) is 2. The van der Waals surface area contributed by atoms with Crippen molar-refractivity contribution in [3.05, 3.63) is 53.9 Å². The van der Waals surface area contributed by atoms with Crippen LogP contribution in [0.25, 0.3) is 5.76 Å². The molecule has 0 amide bonds. The molecule has 5 nitrogen and oxygen atoms in total. The number of hydrogen-bond acceptors (Lipinski definition) is 5. The molecule has 0 saturated carbocycles. The number of nitrogens with one attached hydrogen (secondary N) is 1. The Kier molecular flexibility index (Phi) is 4.00. The fourth-order valence-electron chi connectivity index (χ4n) is 1.42. The SMILES string of the molecule is N#C/C(C(=S)NCc1ccco1)=C(/O)c1ccco1. The van der Waals surface area contributed by atoms with Crippen LogP contribution < -0.4 is 5.32 Å². The van der Waals surface area contributed by atoms with Gasteiger partial charge < -0.3 is 19.3 Å². The molecule has 0 aliphatic carbocycles. The van der Waals surface area contributed by atoms with Gasteiger partial charge in [0.2, 0.25) is 0 Å². The second-order valence-electron chi connectivity index (χ2n) is 3.57. The maximum atomic E-state index is 9.91. The van der Waals surface area contributed by atoms with Crippen molar-refractivity contribution in [3.8, 4) is 6.07 Å². The van der Waals surface area contributed by atoms with Crippen molar-refractivity contribution in [1.29, 1.82) is 5.26 Å². The first-order valence-electron chi connectivity index (χ1n) is 5.40. The lowest BCUT2D eigenvalue weighted by Gasteiger charge is -2.06. The Hall–Kier alpha value is -2.52. The van der Waals surface area contributed by atoms with Crippen LogP contribution in [0.1, 0.15) is 11.5 Å². The highest BCUT2D eigenvalue weighted by Crippen LogP contribution is 2.16. The zero-order chi connectivity index (χ0) is 13.7. The van der Waals surface area contributed by atoms with E-state index in [0.29, 0.717) is 12.3 Å². The molecule has 0 saturated heterocycles. The summed E-state index contributed by atoms with van der Waals surface area (Å²) in [5.74, 6) is 0.584. The zero-order valence-corrected chi connectivity index (χ0v) is 10.6. The summed E-state index contributed by atoms with van der Waals surface area (Å²) < 4.78 is 10.1. The molecule has 2 aromatic heterocycles. The summed E-state index contributed by atoms with van der Waals surface area (Å²) in [5, 5.41) is 21.8. The smallest absolute Gasteiger partial charge is 0.179 e. The third-order valence-corrected chi connectivity index (χ3v) is 2.68. The third kappa shape index (κ3) is 3.03. The van der Waals surface area contributed by atoms with Crippen LogP contribution in [0.4, 0.5) is 0 Å². The Morgan fingerprint density at radius 2 is 2.05 bits per heavy atom. The number of furan rings is 2. The molecule has 0 bridgehead atoms. The standard InChI is InChI=1S/C13H10N2O3S/c14-7-10(12(16)11-4-2-6-18-11)13(19)15-8-9-3-1-5-17-9/h1-6,16H,8H2,(H,15,19)/b12-10-. The molecular formula is C13H10N2O3S. The van der Waals surface area contributed by atoms with Crippen LogP contribution >= 0.6 is 12.2 Å². The van der Waals surface area contributed by atoms with Gasteiger partial charge in [-0.05, 0) is 24.3 Å². The maximum Gasteiger partial charge on any atom is 0.179 e. The second kappa shape index (κ2) is 5.89. The normalized spacial score (nSPS) is 11.5. The Bertz CT molecular complexity index is 621. The van der Waals surface area contributed by atoms with E-state index < -0.39 is 0 Å². The van der Waals surface area contributed by atoms with Crippen LogP contribution in [-0.2, 0) is 6.54 Å². The molecule has 2 N–H and O–H groups in total. The Morgan fingerprint density at radius 3 is 2.63 bits per heavy atom. The lowest BCUT2D eigenvalue weighted by molar-refractivity contribution is 0.457. The first-order chi connectivity index (χ1) is 9.22. The fourth-order valence-corrected chi connectivity index (χ4v) is 1.63. The minimum absolute atomic E-state index is 0.0449. The molecule has 0 unspecified atom stereocenters. The average Bonchev–Trinajstić information content (AvgIpc) is 3.10. The molecule has 96 valence electrons. The molecular weight excluding hydrogens is 264 g/mol. The maximum absolute atomic E-state index is 9.91. The van der Waals surface area contributed by atoms with E-state index in [-0.39, 0.29) is 22.1 Å². The number of nitrogens with zero attached hydrogens (tertiary/aromatic N) is 1. The highest BCUT2D eigenvalue weighted by molar-refractivity contribution is 7.80. The number of aliphatic hydroxyl groups excluding tert-OH is 1. The van der Waals surface area contributed by atoms with Gasteiger partial charge in [0.1, 0.15) is 22.4 Å². The van der Waals surface area contributed by atoms with Crippen molar-refractivity contribution in [3.63, 3.8) is 0 Å². The number of nitriles is 1. The number of thiocarbonyl (C=S) groups is 1. The van der Waals surface area contributed by atoms with Gasteiger partial charge in [-0.3, -0.25) is 0 Å². The lowest BCUT2D eigenvalue weighted by Crippen LogP contribution is -2.22. The van der Waals surface area contributed by atoms with Crippen LogP contribution in [0.2, 0.25) is 0 Å². The van der Waals surface area contributed by atoms with E-state index in [1.165, 1.54) is 6.26 Å². The van der Waals surface area contributed by atoms with Crippen molar-refractivity contribution >= 4 is 23.0 Å². The predicted molar refractivity (Wildman–Crippen MR) is 72.0 cm³/mol. The monoisotopic (exact) mass is 274 g/mol. The molecule has 0 fully saturated rings. The summed E-state index contributed by atoms with van der Waals surface area (Å²) in [6, 6.07) is 8.54. The van der Waals surface area contributed by atoms with Crippen molar-refractivity contribution in [2.45, 2.75) is 6.54 Å². The van der Waals surface area contributed by atoms with Gasteiger partial charge in [0, 0.05) is 0 Å². The molecule has 0 radical (unpaired) electrons. The molecule has 19 heavy (non-hydrogen) atoms. The van der Waals surface area contributed by atoms with Gasteiger partial charge in [0.25, 0.3) is 0 Å². The van der Waals surface area contributed by atoms with Gasteiger partial charge in [0.05, 0.1) is 19.1 Å². The van der Waals surface area contributed by atoms with E-state index in [1.807, 2.05) is 6.07 Å². The molecule has 0 aliphatic rings. The summed E-state index contributed by atoms with van der Waals surface area (Å²) in [4.78, 5) is 0.132. The van der Waals surface area contributed by atoms with Gasteiger partial charge in [-0.1, -0.05) is 12.2 Å². The molecule has 0 aromatic carbocycles. The van der Waals surface area contributed by atoms with Crippen LogP contribution in [0.5, 0.6) is 0 Å². The summed E-state index contributed by atoms with van der Waals surface area (Å²) in [6.07, 6.45) is 2.95. The van der Waals surface area contributed by atoms with Gasteiger partial charge in [0.15, 0.2) is 11.5 Å². The van der Waals surface area contributed by atoms with Crippen molar-refractivity contribution < 1.29 is 13.9 Å². The molecule has 2 heterocycles. The molecule has 2 rings (SSSR count). The summed E-state index contributed by atoms with van der Waals surface area (Å²) >= 11 is 5.06. The van der Waals surface area contributed by atoms with Crippen LogP contribution in [0, 0.1) is 11.3 Å². The van der Waals surface area contributed by atoms with Crippen LogP contribution in [-0.4, -0.2) is 10.1 Å². The topological polar surface area (TPSA) is 82.3 Å². The number of aliphatic hydroxyl groups is 1. The lowest BCUT2D eigenvalue weighted by atomic mass is 10.2. The summed E-state index contributed by atoms with van der Waals surface area (Å²) in [5.41, 5.74) is -0.0449. The Labute approximate surface area is 114 Å². The zero-order valence-electron chi connectivity index (χ0n) is 9.79. The summed E-state index contributed by atoms with van der Waals surface area (Å²) in [7, 11) is 0. The van der Waals surface area contributed by atoms with E-state index >= 15 is 0 Å². The highest BCUT2D eigenvalue weighted by atomic mass is 32.1. The molecule has 6 heteroatoms. The van der Waals surface area contributed by atoms with Crippen LogP contribution in [0.15, 0.2) is 51.2 Å². The van der Waals surface area contributed by atoms with Gasteiger partial charge >= 0.3 is 0 Å². The van der Waals surface area contributed by atoms with E-state index in [4.69, 9.17) is 26.3 Å². The fraction of sp³-hybridized carbons (Fsp3) is 0.0769. The van der Waals surface area contributed by atoms with E-state index in [1.54, 1.807) is 30.5 Å². The Morgan fingerprint density at radius 1 is 1.32 bits per heavy atom. The van der Waals surface area contributed by atoms with Crippen LogP contribution in [0.3, 0.4) is 0 Å². The van der Waals surface area contributed by atoms with E-state index in [0.717, 1.165) is 0 Å². The van der Waals surface area contributed by atoms with E-state index in [9.17, 15) is 5.11 Å².